The molecule has 20 heavy (non-hydrogen) atoms. The van der Waals surface area contributed by atoms with Gasteiger partial charge in [0, 0.05) is 23.2 Å². The molecule has 0 saturated heterocycles. The van der Waals surface area contributed by atoms with Gasteiger partial charge in [0.15, 0.2) is 5.78 Å². The average molecular weight is 286 g/mol. The Hall–Kier alpha value is -2.38. The predicted octanol–water partition coefficient (Wildman–Crippen LogP) is 2.89. The van der Waals surface area contributed by atoms with E-state index < -0.39 is 0 Å². The van der Waals surface area contributed by atoms with E-state index in [1.165, 1.54) is 6.08 Å². The molecule has 0 radical (unpaired) electrons. The molecule has 4 nitrogen and oxygen atoms in total. The van der Waals surface area contributed by atoms with Crippen LogP contribution in [0.2, 0.25) is 0 Å². The number of carbonyl (C=O) groups is 1. The highest BCUT2D eigenvalue weighted by molar-refractivity contribution is 6.17. The molecule has 0 amide bonds. The van der Waals surface area contributed by atoms with E-state index in [1.807, 2.05) is 12.3 Å². The van der Waals surface area contributed by atoms with Crippen molar-refractivity contribution in [2.45, 2.75) is 6.54 Å². The highest BCUT2D eigenvalue weighted by atomic mass is 35.5. The van der Waals surface area contributed by atoms with Crippen molar-refractivity contribution in [2.75, 3.05) is 5.88 Å². The molecule has 2 rings (SSSR count). The van der Waals surface area contributed by atoms with E-state index in [4.69, 9.17) is 16.9 Å². The first kappa shape index (κ1) is 14.0. The fourth-order valence-corrected chi connectivity index (χ4v) is 1.86. The Morgan fingerprint density at radius 3 is 3.10 bits per heavy atom. The standard InChI is InChI=1S/C15H12ClN3O/c16-6-7-19-11-13(10-18-19)4-5-15(20)14-3-1-2-12(8-14)9-17/h1-5,8,10-11H,6-7H2/b5-4+. The molecule has 0 saturated carbocycles. The molecule has 0 atom stereocenters. The van der Waals surface area contributed by atoms with E-state index in [1.54, 1.807) is 41.2 Å². The van der Waals surface area contributed by atoms with Gasteiger partial charge in [-0.3, -0.25) is 9.48 Å². The number of benzene rings is 1. The molecule has 100 valence electrons. The molecular formula is C15H12ClN3O. The SMILES string of the molecule is N#Cc1cccc(C(=O)/C=C/c2cnn(CCCl)c2)c1. The van der Waals surface area contributed by atoms with Crippen molar-refractivity contribution in [2.24, 2.45) is 0 Å². The van der Waals surface area contributed by atoms with Crippen LogP contribution < -0.4 is 0 Å². The molecule has 0 unspecified atom stereocenters. The van der Waals surface area contributed by atoms with Crippen molar-refractivity contribution in [3.63, 3.8) is 0 Å². The molecule has 0 aliphatic rings. The minimum atomic E-state index is -0.146. The van der Waals surface area contributed by atoms with Gasteiger partial charge >= 0.3 is 0 Å². The molecule has 1 aromatic carbocycles. The summed E-state index contributed by atoms with van der Waals surface area (Å²) < 4.78 is 1.72. The molecule has 0 aliphatic carbocycles. The van der Waals surface area contributed by atoms with E-state index in [0.29, 0.717) is 23.6 Å². The van der Waals surface area contributed by atoms with Crippen molar-refractivity contribution in [1.82, 2.24) is 9.78 Å². The summed E-state index contributed by atoms with van der Waals surface area (Å²) in [6.45, 7) is 0.632. The van der Waals surface area contributed by atoms with Crippen molar-refractivity contribution in [3.8, 4) is 6.07 Å². The van der Waals surface area contributed by atoms with Crippen molar-refractivity contribution in [1.29, 1.82) is 5.26 Å². The van der Waals surface area contributed by atoms with E-state index in [9.17, 15) is 4.79 Å². The van der Waals surface area contributed by atoms with Crippen LogP contribution in [0.25, 0.3) is 6.08 Å². The fraction of sp³-hybridized carbons (Fsp3) is 0.133. The number of halogens is 1. The van der Waals surface area contributed by atoms with Crippen molar-refractivity contribution >= 4 is 23.5 Å². The second-order valence-corrected chi connectivity index (χ2v) is 4.49. The van der Waals surface area contributed by atoms with Gasteiger partial charge in [-0.05, 0) is 24.3 Å². The Bertz CT molecular complexity index is 682. The van der Waals surface area contributed by atoms with Gasteiger partial charge in [-0.2, -0.15) is 10.4 Å². The maximum Gasteiger partial charge on any atom is 0.185 e. The number of rotatable bonds is 5. The lowest BCUT2D eigenvalue weighted by atomic mass is 10.1. The van der Waals surface area contributed by atoms with Crippen molar-refractivity contribution in [3.05, 3.63) is 59.4 Å². The van der Waals surface area contributed by atoms with Gasteiger partial charge in [0.2, 0.25) is 0 Å². The first-order valence-electron chi connectivity index (χ1n) is 6.04. The first-order chi connectivity index (χ1) is 9.72. The number of carbonyl (C=O) groups excluding carboxylic acids is 1. The van der Waals surface area contributed by atoms with Crippen LogP contribution in [0.4, 0.5) is 0 Å². The monoisotopic (exact) mass is 285 g/mol. The van der Waals surface area contributed by atoms with Gasteiger partial charge in [-0.15, -0.1) is 11.6 Å². The molecule has 5 heteroatoms. The quantitative estimate of drug-likeness (QED) is 0.482. The minimum absolute atomic E-state index is 0.146. The van der Waals surface area contributed by atoms with Crippen molar-refractivity contribution < 1.29 is 4.79 Å². The van der Waals surface area contributed by atoms with Crippen LogP contribution in [0.5, 0.6) is 0 Å². The lowest BCUT2D eigenvalue weighted by Gasteiger charge is -1.95. The number of hydrogen-bond donors (Lipinski definition) is 0. The van der Waals surface area contributed by atoms with Crippen LogP contribution in [0.1, 0.15) is 21.5 Å². The topological polar surface area (TPSA) is 58.7 Å². The Kier molecular flexibility index (Phi) is 4.70. The van der Waals surface area contributed by atoms with E-state index >= 15 is 0 Å². The highest BCUT2D eigenvalue weighted by Crippen LogP contribution is 2.08. The lowest BCUT2D eigenvalue weighted by molar-refractivity contribution is 0.104. The van der Waals surface area contributed by atoms with E-state index in [2.05, 4.69) is 5.10 Å². The molecule has 0 N–H and O–H groups in total. The van der Waals surface area contributed by atoms with Crippen LogP contribution >= 0.6 is 11.6 Å². The lowest BCUT2D eigenvalue weighted by Crippen LogP contribution is -1.98. The third-order valence-corrected chi connectivity index (χ3v) is 2.84. The highest BCUT2D eigenvalue weighted by Gasteiger charge is 2.03. The molecule has 0 fully saturated rings. The molecule has 0 spiro atoms. The number of hydrogen-bond acceptors (Lipinski definition) is 3. The number of alkyl halides is 1. The number of aryl methyl sites for hydroxylation is 1. The third kappa shape index (κ3) is 3.56. The van der Waals surface area contributed by atoms with Gasteiger partial charge in [-0.25, -0.2) is 0 Å². The van der Waals surface area contributed by atoms with Gasteiger partial charge < -0.3 is 0 Å². The number of nitrogens with zero attached hydrogens (tertiary/aromatic N) is 3. The van der Waals surface area contributed by atoms with Gasteiger partial charge in [0.25, 0.3) is 0 Å². The van der Waals surface area contributed by atoms with Gasteiger partial charge in [-0.1, -0.05) is 12.1 Å². The summed E-state index contributed by atoms with van der Waals surface area (Å²) in [5.41, 5.74) is 1.80. The summed E-state index contributed by atoms with van der Waals surface area (Å²) in [7, 11) is 0. The zero-order chi connectivity index (χ0) is 14.4. The molecule has 1 aromatic heterocycles. The zero-order valence-corrected chi connectivity index (χ0v) is 11.4. The summed E-state index contributed by atoms with van der Waals surface area (Å²) in [6, 6.07) is 8.63. The molecular weight excluding hydrogens is 274 g/mol. The molecule has 0 bridgehead atoms. The normalized spacial score (nSPS) is 10.6. The third-order valence-electron chi connectivity index (χ3n) is 2.67. The number of nitriles is 1. The Morgan fingerprint density at radius 1 is 1.50 bits per heavy atom. The van der Waals surface area contributed by atoms with Crippen LogP contribution in [-0.4, -0.2) is 21.4 Å². The summed E-state index contributed by atoms with van der Waals surface area (Å²) in [5.74, 6) is 0.345. The summed E-state index contributed by atoms with van der Waals surface area (Å²) in [6.07, 6.45) is 6.65. The molecule has 1 heterocycles. The van der Waals surface area contributed by atoms with Crippen LogP contribution in [0.3, 0.4) is 0 Å². The maximum absolute atomic E-state index is 12.0. The number of aromatic nitrogens is 2. The average Bonchev–Trinajstić information content (AvgIpc) is 2.93. The number of ketones is 1. The summed E-state index contributed by atoms with van der Waals surface area (Å²) in [5, 5.41) is 12.9. The van der Waals surface area contributed by atoms with E-state index in [0.717, 1.165) is 5.56 Å². The molecule has 0 aliphatic heterocycles. The Morgan fingerprint density at radius 2 is 2.35 bits per heavy atom. The molecule has 2 aromatic rings. The predicted molar refractivity (Wildman–Crippen MR) is 77.5 cm³/mol. The van der Waals surface area contributed by atoms with Crippen LogP contribution in [0.15, 0.2) is 42.7 Å². The summed E-state index contributed by atoms with van der Waals surface area (Å²) >= 11 is 5.62. The minimum Gasteiger partial charge on any atom is -0.289 e. The smallest absolute Gasteiger partial charge is 0.185 e. The van der Waals surface area contributed by atoms with Gasteiger partial charge in [0.05, 0.1) is 24.4 Å². The zero-order valence-electron chi connectivity index (χ0n) is 10.7. The second-order valence-electron chi connectivity index (χ2n) is 4.12. The maximum atomic E-state index is 12.0. The largest absolute Gasteiger partial charge is 0.289 e. The second kappa shape index (κ2) is 6.69. The van der Waals surface area contributed by atoms with Gasteiger partial charge in [0.1, 0.15) is 0 Å². The van der Waals surface area contributed by atoms with Crippen LogP contribution in [0, 0.1) is 11.3 Å². The van der Waals surface area contributed by atoms with E-state index in [-0.39, 0.29) is 5.78 Å². The Labute approximate surface area is 121 Å². The Balaban J connectivity index is 2.09. The first-order valence-corrected chi connectivity index (χ1v) is 6.57. The fourth-order valence-electron chi connectivity index (χ4n) is 1.68. The number of allylic oxidation sites excluding steroid dienone is 1. The summed E-state index contributed by atoms with van der Waals surface area (Å²) in [4.78, 5) is 12.0. The van der Waals surface area contributed by atoms with Crippen LogP contribution in [-0.2, 0) is 6.54 Å².